The van der Waals surface area contributed by atoms with Gasteiger partial charge in [-0.3, -0.25) is 19.2 Å². The van der Waals surface area contributed by atoms with Gasteiger partial charge in [-0.1, -0.05) is 41.5 Å². The van der Waals surface area contributed by atoms with Gasteiger partial charge < -0.3 is 40.2 Å². The first kappa shape index (κ1) is 48.6. The van der Waals surface area contributed by atoms with E-state index >= 15 is 0 Å². The van der Waals surface area contributed by atoms with Crippen LogP contribution in [0.1, 0.15) is 107 Å². The van der Waals surface area contributed by atoms with Crippen LogP contribution in [0.3, 0.4) is 0 Å². The van der Waals surface area contributed by atoms with E-state index in [0.717, 1.165) is 58.7 Å². The number of carbonyl (C=O) groups is 4. The van der Waals surface area contributed by atoms with Crippen LogP contribution in [-0.2, 0) is 38.1 Å². The van der Waals surface area contributed by atoms with Crippen LogP contribution in [0.25, 0.3) is 0 Å². The maximum atomic E-state index is 11.2. The molecule has 0 aliphatic carbocycles. The highest BCUT2D eigenvalue weighted by Gasteiger charge is 2.00. The molecular weight excluding hydrogens is 568 g/mol. The summed E-state index contributed by atoms with van der Waals surface area (Å²) in [5.74, 6) is 0.322. The number of rotatable bonds is 24. The van der Waals surface area contributed by atoms with Crippen molar-refractivity contribution in [2.75, 3.05) is 79.0 Å². The molecule has 0 aromatic carbocycles. The van der Waals surface area contributed by atoms with E-state index in [0.29, 0.717) is 71.7 Å². The van der Waals surface area contributed by atoms with E-state index in [1.807, 2.05) is 41.5 Å². The summed E-state index contributed by atoms with van der Waals surface area (Å²) >= 11 is 0. The molecule has 0 rings (SSSR count). The van der Waals surface area contributed by atoms with E-state index < -0.39 is 0 Å². The molecule has 12 nitrogen and oxygen atoms in total. The molecule has 12 heteroatoms. The molecule has 0 atom stereocenters. The summed E-state index contributed by atoms with van der Waals surface area (Å²) in [6.07, 6.45) is 6.10. The number of ether oxygens (including phenoxy) is 4. The van der Waals surface area contributed by atoms with Crippen molar-refractivity contribution in [1.29, 1.82) is 0 Å². The molecule has 0 aliphatic heterocycles. The summed E-state index contributed by atoms with van der Waals surface area (Å²) in [5, 5.41) is 10.9. The van der Waals surface area contributed by atoms with Crippen LogP contribution in [0.2, 0.25) is 0 Å². The smallest absolute Gasteiger partial charge is 0.222 e. The largest absolute Gasteiger partial charge is 0.381 e. The second kappa shape index (κ2) is 45.2. The Kier molecular flexibility index (Phi) is 49.9. The highest BCUT2D eigenvalue weighted by Crippen LogP contribution is 1.87. The zero-order valence-electron chi connectivity index (χ0n) is 29.4. The van der Waals surface area contributed by atoms with Crippen molar-refractivity contribution in [2.24, 2.45) is 0 Å². The normalized spacial score (nSPS) is 9.64. The predicted octanol–water partition coefficient (Wildman–Crippen LogP) is 3.76. The fourth-order valence-corrected chi connectivity index (χ4v) is 2.66. The molecule has 4 N–H and O–H groups in total. The van der Waals surface area contributed by atoms with E-state index in [2.05, 4.69) is 35.1 Å². The van der Waals surface area contributed by atoms with E-state index in [9.17, 15) is 19.2 Å². The second-order valence-corrected chi connectivity index (χ2v) is 9.26. The highest BCUT2D eigenvalue weighted by molar-refractivity contribution is 5.76. The predicted molar refractivity (Wildman–Crippen MR) is 178 cm³/mol. The maximum absolute atomic E-state index is 11.2. The van der Waals surface area contributed by atoms with Gasteiger partial charge in [-0.05, 0) is 39.5 Å². The molecule has 4 amide bonds. The Labute approximate surface area is 268 Å². The Hall–Kier alpha value is -2.28. The van der Waals surface area contributed by atoms with Crippen LogP contribution >= 0.6 is 0 Å². The average molecular weight is 637 g/mol. The summed E-state index contributed by atoms with van der Waals surface area (Å²) in [6.45, 7) is 23.7. The number of carbonyl (C=O) groups excluding carboxylic acids is 4. The molecule has 0 spiro atoms. The van der Waals surface area contributed by atoms with Crippen LogP contribution in [0.15, 0.2) is 0 Å². The summed E-state index contributed by atoms with van der Waals surface area (Å²) < 4.78 is 20.7. The summed E-state index contributed by atoms with van der Waals surface area (Å²) in [7, 11) is 0. The zero-order valence-corrected chi connectivity index (χ0v) is 29.4. The molecule has 0 aliphatic rings. The zero-order chi connectivity index (χ0) is 34.1. The molecule has 0 bridgehead atoms. The SMILES string of the molecule is CCCOCCC(=O)NCC.CCCOCCNC(=O)CC.CCCOCCNC(=O)CCOCCC.CCNC(=O)CC. The number of amides is 4. The summed E-state index contributed by atoms with van der Waals surface area (Å²) in [6, 6.07) is 0. The Balaban J connectivity index is -0.000000250. The van der Waals surface area contributed by atoms with Gasteiger partial charge in [0.25, 0.3) is 0 Å². The molecule has 44 heavy (non-hydrogen) atoms. The van der Waals surface area contributed by atoms with Gasteiger partial charge in [-0.25, -0.2) is 0 Å². The third-order valence-electron chi connectivity index (χ3n) is 4.87. The van der Waals surface area contributed by atoms with Crippen molar-refractivity contribution in [2.45, 2.75) is 107 Å². The summed E-state index contributed by atoms with van der Waals surface area (Å²) in [4.78, 5) is 43.0. The molecule has 0 aromatic heterocycles. The summed E-state index contributed by atoms with van der Waals surface area (Å²) in [5.41, 5.74) is 0. The lowest BCUT2D eigenvalue weighted by atomic mass is 10.4. The lowest BCUT2D eigenvalue weighted by Crippen LogP contribution is -2.28. The maximum Gasteiger partial charge on any atom is 0.222 e. The fraction of sp³-hybridized carbons (Fsp3) is 0.875. The Morgan fingerprint density at radius 3 is 1.00 bits per heavy atom. The van der Waals surface area contributed by atoms with Crippen LogP contribution in [0.5, 0.6) is 0 Å². The van der Waals surface area contributed by atoms with Gasteiger partial charge in [-0.15, -0.1) is 0 Å². The highest BCUT2D eigenvalue weighted by atomic mass is 16.5. The van der Waals surface area contributed by atoms with Gasteiger partial charge in [0.15, 0.2) is 0 Å². The van der Waals surface area contributed by atoms with Gasteiger partial charge in [0.2, 0.25) is 23.6 Å². The van der Waals surface area contributed by atoms with Crippen molar-refractivity contribution in [3.8, 4) is 0 Å². The van der Waals surface area contributed by atoms with Gasteiger partial charge in [-0.2, -0.15) is 0 Å². The van der Waals surface area contributed by atoms with E-state index in [1.54, 1.807) is 0 Å². The number of hydrogen-bond donors (Lipinski definition) is 4. The standard InChI is InChI=1S/C11H23NO3.2C8H17NO2.C5H11NO/c1-3-7-14-9-5-11(13)12-6-10-15-8-4-2;1-3-6-11-7-5-8(10)9-4-2;1-3-6-11-7-5-9-8(10)4-2;1-3-5(7)6-4-2/h3-10H2,1-2H3,(H,12,13);2*3-7H2,1-2H3,(H,9,10);3-4H2,1-2H3,(H,6,7). The van der Waals surface area contributed by atoms with E-state index in [-0.39, 0.29) is 23.6 Å². The van der Waals surface area contributed by atoms with Crippen molar-refractivity contribution in [3.63, 3.8) is 0 Å². The Morgan fingerprint density at radius 1 is 0.386 bits per heavy atom. The van der Waals surface area contributed by atoms with Crippen molar-refractivity contribution < 1.29 is 38.1 Å². The minimum absolute atomic E-state index is 0.0335. The van der Waals surface area contributed by atoms with Crippen molar-refractivity contribution >= 4 is 23.6 Å². The van der Waals surface area contributed by atoms with Crippen LogP contribution in [-0.4, -0.2) is 103 Å². The molecule has 0 saturated carbocycles. The molecule has 0 radical (unpaired) electrons. The van der Waals surface area contributed by atoms with Crippen LogP contribution in [0.4, 0.5) is 0 Å². The monoisotopic (exact) mass is 637 g/mol. The number of hydrogen-bond acceptors (Lipinski definition) is 8. The molecule has 0 unspecified atom stereocenters. The Bertz CT molecular complexity index is 625. The van der Waals surface area contributed by atoms with Gasteiger partial charge in [0, 0.05) is 78.3 Å². The minimum atomic E-state index is 0.0335. The molecule has 0 aromatic rings. The number of nitrogens with one attached hydrogen (secondary N) is 4. The Morgan fingerprint density at radius 2 is 0.682 bits per heavy atom. The average Bonchev–Trinajstić information content (AvgIpc) is 3.02. The van der Waals surface area contributed by atoms with Crippen LogP contribution in [0, 0.1) is 0 Å². The van der Waals surface area contributed by atoms with E-state index in [1.165, 1.54) is 0 Å². The van der Waals surface area contributed by atoms with E-state index in [4.69, 9.17) is 18.9 Å². The lowest BCUT2D eigenvalue weighted by Gasteiger charge is -2.06. The molecular formula is C32H68N4O8. The molecule has 264 valence electrons. The fourth-order valence-electron chi connectivity index (χ4n) is 2.66. The van der Waals surface area contributed by atoms with Gasteiger partial charge in [0.1, 0.15) is 0 Å². The van der Waals surface area contributed by atoms with Crippen molar-refractivity contribution in [3.05, 3.63) is 0 Å². The first-order valence-electron chi connectivity index (χ1n) is 16.6. The van der Waals surface area contributed by atoms with Crippen molar-refractivity contribution in [1.82, 2.24) is 21.3 Å². The molecule has 0 saturated heterocycles. The minimum Gasteiger partial charge on any atom is -0.381 e. The molecule has 0 heterocycles. The lowest BCUT2D eigenvalue weighted by molar-refractivity contribution is -0.123. The van der Waals surface area contributed by atoms with Crippen LogP contribution < -0.4 is 21.3 Å². The molecule has 0 fully saturated rings. The third-order valence-corrected chi connectivity index (χ3v) is 4.87. The first-order chi connectivity index (χ1) is 21.2. The van der Waals surface area contributed by atoms with Gasteiger partial charge in [0.05, 0.1) is 26.4 Å². The first-order valence-corrected chi connectivity index (χ1v) is 16.6. The topological polar surface area (TPSA) is 153 Å². The third kappa shape index (κ3) is 52.4. The van der Waals surface area contributed by atoms with Gasteiger partial charge >= 0.3 is 0 Å². The quantitative estimate of drug-likeness (QED) is 0.117. The second-order valence-electron chi connectivity index (χ2n) is 9.26.